The van der Waals surface area contributed by atoms with E-state index in [1.807, 2.05) is 36.4 Å². The predicted octanol–water partition coefficient (Wildman–Crippen LogP) is 1.79. The lowest BCUT2D eigenvalue weighted by molar-refractivity contribution is 0.101. The van der Waals surface area contributed by atoms with E-state index in [0.29, 0.717) is 21.5 Å². The lowest BCUT2D eigenvalue weighted by Crippen LogP contribution is -2.21. The fraction of sp³-hybridized carbons (Fsp3) is 0.312. The van der Waals surface area contributed by atoms with Gasteiger partial charge in [-0.05, 0) is 36.4 Å². The first-order valence-corrected chi connectivity index (χ1v) is 9.26. The van der Waals surface area contributed by atoms with Crippen molar-refractivity contribution in [3.05, 3.63) is 39.2 Å². The number of rotatable bonds is 5. The molecule has 0 fully saturated rings. The second kappa shape index (κ2) is 7.50. The predicted molar refractivity (Wildman–Crippen MR) is 108 cm³/mol. The van der Waals surface area contributed by atoms with E-state index < -0.39 is 5.91 Å². The van der Waals surface area contributed by atoms with Crippen molar-refractivity contribution in [1.29, 1.82) is 0 Å². The van der Waals surface area contributed by atoms with Crippen LogP contribution in [0.25, 0.3) is 0 Å². The SMILES string of the molecule is CCn1ncc(NC(=O)c2nn(C)cc2I)c1C(=O)Nc1cnn(C)c1C. The first kappa shape index (κ1) is 19.1. The Bertz CT molecular complexity index is 1020. The van der Waals surface area contributed by atoms with Gasteiger partial charge >= 0.3 is 0 Å². The molecular formula is C16H19IN8O2. The molecule has 0 saturated carbocycles. The van der Waals surface area contributed by atoms with Gasteiger partial charge in [0.25, 0.3) is 11.8 Å². The van der Waals surface area contributed by atoms with Crippen LogP contribution in [-0.4, -0.2) is 41.2 Å². The topological polar surface area (TPSA) is 112 Å². The van der Waals surface area contributed by atoms with E-state index in [2.05, 4.69) is 25.9 Å². The summed E-state index contributed by atoms with van der Waals surface area (Å²) in [4.78, 5) is 25.4. The van der Waals surface area contributed by atoms with Crippen LogP contribution in [0.4, 0.5) is 11.4 Å². The number of hydrogen-bond donors (Lipinski definition) is 2. The molecule has 11 heteroatoms. The van der Waals surface area contributed by atoms with Gasteiger partial charge < -0.3 is 10.6 Å². The minimum Gasteiger partial charge on any atom is -0.318 e. The molecule has 0 bridgehead atoms. The number of anilines is 2. The maximum absolute atomic E-state index is 12.8. The van der Waals surface area contributed by atoms with Crippen LogP contribution in [0.15, 0.2) is 18.6 Å². The van der Waals surface area contributed by atoms with Gasteiger partial charge in [0, 0.05) is 26.8 Å². The molecule has 3 aromatic heterocycles. The number of hydrogen-bond acceptors (Lipinski definition) is 5. The molecule has 3 aromatic rings. The van der Waals surface area contributed by atoms with Crippen molar-refractivity contribution in [3.63, 3.8) is 0 Å². The number of aromatic nitrogens is 6. The van der Waals surface area contributed by atoms with Gasteiger partial charge in [0.2, 0.25) is 0 Å². The average Bonchev–Trinajstić information content (AvgIpc) is 3.27. The van der Waals surface area contributed by atoms with Gasteiger partial charge in [-0.15, -0.1) is 0 Å². The van der Waals surface area contributed by atoms with E-state index in [4.69, 9.17) is 0 Å². The van der Waals surface area contributed by atoms with Crippen molar-refractivity contribution in [3.8, 4) is 0 Å². The van der Waals surface area contributed by atoms with Crippen LogP contribution in [-0.2, 0) is 20.6 Å². The Morgan fingerprint density at radius 2 is 1.78 bits per heavy atom. The lowest BCUT2D eigenvalue weighted by Gasteiger charge is -2.09. The summed E-state index contributed by atoms with van der Waals surface area (Å²) in [5, 5.41) is 18.0. The molecule has 0 atom stereocenters. The quantitative estimate of drug-likeness (QED) is 0.539. The van der Waals surface area contributed by atoms with E-state index in [1.54, 1.807) is 35.9 Å². The normalized spacial score (nSPS) is 10.9. The molecule has 0 radical (unpaired) electrons. The molecule has 2 amide bonds. The molecule has 0 aromatic carbocycles. The number of carbonyl (C=O) groups excluding carboxylic acids is 2. The second-order valence-corrected chi connectivity index (χ2v) is 7.06. The Balaban J connectivity index is 1.88. The number of amides is 2. The Hall–Kier alpha value is -2.70. The zero-order valence-corrected chi connectivity index (χ0v) is 17.5. The van der Waals surface area contributed by atoms with Gasteiger partial charge in [0.1, 0.15) is 5.69 Å². The highest BCUT2D eigenvalue weighted by Crippen LogP contribution is 2.20. The molecule has 3 rings (SSSR count). The zero-order valence-electron chi connectivity index (χ0n) is 15.3. The van der Waals surface area contributed by atoms with Crippen molar-refractivity contribution in [2.24, 2.45) is 14.1 Å². The third-order valence-electron chi connectivity index (χ3n) is 4.08. The summed E-state index contributed by atoms with van der Waals surface area (Å²) in [5.41, 5.74) is 2.29. The summed E-state index contributed by atoms with van der Waals surface area (Å²) in [6.45, 7) is 4.20. The van der Waals surface area contributed by atoms with E-state index in [9.17, 15) is 9.59 Å². The molecule has 27 heavy (non-hydrogen) atoms. The van der Waals surface area contributed by atoms with Crippen LogP contribution in [0.3, 0.4) is 0 Å². The smallest absolute Gasteiger partial charge is 0.277 e. The Kier molecular flexibility index (Phi) is 5.30. The Morgan fingerprint density at radius 3 is 2.33 bits per heavy atom. The number of aryl methyl sites for hydroxylation is 3. The maximum Gasteiger partial charge on any atom is 0.277 e. The standard InChI is InChI=1S/C16H19IN8O2/c1-5-25-14(16(27)20-11-6-18-24(4)9(11)2)12(7-19-25)21-15(26)13-10(17)8-23(3)22-13/h6-8H,5H2,1-4H3,(H,20,27)(H,21,26). The molecule has 0 aliphatic rings. The van der Waals surface area contributed by atoms with Crippen molar-refractivity contribution in [2.45, 2.75) is 20.4 Å². The molecule has 2 N–H and O–H groups in total. The van der Waals surface area contributed by atoms with Crippen molar-refractivity contribution >= 4 is 45.8 Å². The van der Waals surface area contributed by atoms with Gasteiger partial charge in [-0.1, -0.05) is 0 Å². The molecule has 3 heterocycles. The van der Waals surface area contributed by atoms with Gasteiger partial charge in [0.05, 0.1) is 33.0 Å². The van der Waals surface area contributed by atoms with E-state index in [0.717, 1.165) is 5.69 Å². The van der Waals surface area contributed by atoms with Crippen molar-refractivity contribution < 1.29 is 9.59 Å². The van der Waals surface area contributed by atoms with Crippen LogP contribution < -0.4 is 10.6 Å². The summed E-state index contributed by atoms with van der Waals surface area (Å²) in [6, 6.07) is 0. The van der Waals surface area contributed by atoms with Crippen molar-refractivity contribution in [1.82, 2.24) is 29.3 Å². The van der Waals surface area contributed by atoms with E-state index >= 15 is 0 Å². The van der Waals surface area contributed by atoms with Crippen LogP contribution in [0.5, 0.6) is 0 Å². The first-order chi connectivity index (χ1) is 12.8. The molecule has 0 aliphatic heterocycles. The Labute approximate surface area is 169 Å². The fourth-order valence-corrected chi connectivity index (χ4v) is 3.31. The minimum absolute atomic E-state index is 0.264. The highest BCUT2D eigenvalue weighted by Gasteiger charge is 2.23. The minimum atomic E-state index is -0.401. The van der Waals surface area contributed by atoms with Crippen LogP contribution in [0.1, 0.15) is 33.6 Å². The third kappa shape index (κ3) is 3.72. The summed E-state index contributed by atoms with van der Waals surface area (Å²) in [7, 11) is 3.53. The Morgan fingerprint density at radius 1 is 1.11 bits per heavy atom. The summed E-state index contributed by atoms with van der Waals surface area (Å²) in [6.07, 6.45) is 4.78. The largest absolute Gasteiger partial charge is 0.318 e. The van der Waals surface area contributed by atoms with Gasteiger partial charge in [-0.2, -0.15) is 15.3 Å². The van der Waals surface area contributed by atoms with Crippen molar-refractivity contribution in [2.75, 3.05) is 10.6 Å². The second-order valence-electron chi connectivity index (χ2n) is 5.90. The molecule has 0 saturated heterocycles. The van der Waals surface area contributed by atoms with Gasteiger partial charge in [-0.25, -0.2) is 0 Å². The number of carbonyl (C=O) groups is 2. The number of halogens is 1. The van der Waals surface area contributed by atoms with Crippen LogP contribution in [0, 0.1) is 10.5 Å². The van der Waals surface area contributed by atoms with Gasteiger partial charge in [-0.3, -0.25) is 23.6 Å². The van der Waals surface area contributed by atoms with Crippen LogP contribution in [0.2, 0.25) is 0 Å². The van der Waals surface area contributed by atoms with Gasteiger partial charge in [0.15, 0.2) is 5.69 Å². The zero-order chi connectivity index (χ0) is 19.7. The maximum atomic E-state index is 12.8. The summed E-state index contributed by atoms with van der Waals surface area (Å²) < 4.78 is 5.47. The summed E-state index contributed by atoms with van der Waals surface area (Å²) >= 11 is 2.04. The number of nitrogens with one attached hydrogen (secondary N) is 2. The molecular weight excluding hydrogens is 463 g/mol. The van der Waals surface area contributed by atoms with E-state index in [1.165, 1.54) is 10.9 Å². The highest BCUT2D eigenvalue weighted by atomic mass is 127. The number of nitrogens with zero attached hydrogens (tertiary/aromatic N) is 6. The van der Waals surface area contributed by atoms with E-state index in [-0.39, 0.29) is 17.3 Å². The first-order valence-electron chi connectivity index (χ1n) is 8.18. The highest BCUT2D eigenvalue weighted by molar-refractivity contribution is 14.1. The lowest BCUT2D eigenvalue weighted by atomic mass is 10.3. The molecule has 0 spiro atoms. The fourth-order valence-electron chi connectivity index (χ4n) is 2.55. The van der Waals surface area contributed by atoms with Crippen LogP contribution >= 0.6 is 22.6 Å². The molecule has 10 nitrogen and oxygen atoms in total. The molecule has 142 valence electrons. The molecule has 0 unspecified atom stereocenters. The third-order valence-corrected chi connectivity index (χ3v) is 4.87. The molecule has 0 aliphatic carbocycles. The monoisotopic (exact) mass is 482 g/mol. The average molecular weight is 482 g/mol. The summed E-state index contributed by atoms with van der Waals surface area (Å²) in [5.74, 6) is -0.779.